The Kier molecular flexibility index (Phi) is 6.03. The molecule has 2 aliphatic rings. The Morgan fingerprint density at radius 2 is 1.91 bits per heavy atom. The van der Waals surface area contributed by atoms with Gasteiger partial charge < -0.3 is 14.4 Å². The predicted octanol–water partition coefficient (Wildman–Crippen LogP) is 3.27. The Morgan fingerprint density at radius 3 is 2.53 bits per heavy atom. The summed E-state index contributed by atoms with van der Waals surface area (Å²) in [6.45, 7) is 6.58. The largest absolute Gasteiger partial charge is 0.493 e. The van der Waals surface area contributed by atoms with Crippen LogP contribution in [-0.2, 0) is 14.3 Å². The van der Waals surface area contributed by atoms with E-state index >= 15 is 0 Å². The van der Waals surface area contributed by atoms with Crippen LogP contribution in [0.25, 0.3) is 10.9 Å². The molecule has 3 amide bonds. The molecule has 32 heavy (non-hydrogen) atoms. The van der Waals surface area contributed by atoms with Crippen molar-refractivity contribution < 1.29 is 23.9 Å². The molecule has 0 radical (unpaired) electrons. The van der Waals surface area contributed by atoms with Gasteiger partial charge in [0.25, 0.3) is 0 Å². The SMILES string of the molecule is COc1cnc(N2C(=O)CCC2=O)c2c(I)nn([C@@H]3CCCN(C(=O)OC(C)(C)C)C3)c12. The van der Waals surface area contributed by atoms with Crippen LogP contribution in [0.1, 0.15) is 52.5 Å². The summed E-state index contributed by atoms with van der Waals surface area (Å²) in [6, 6.07) is -0.114. The fraction of sp³-hybridized carbons (Fsp3) is 0.571. The molecule has 4 heterocycles. The molecule has 0 N–H and O–H groups in total. The van der Waals surface area contributed by atoms with Crippen molar-refractivity contribution in [3.05, 3.63) is 9.90 Å². The number of nitrogens with zero attached hydrogens (tertiary/aromatic N) is 5. The minimum atomic E-state index is -0.573. The first-order valence-corrected chi connectivity index (χ1v) is 11.6. The molecule has 2 fully saturated rings. The van der Waals surface area contributed by atoms with Crippen LogP contribution in [0.5, 0.6) is 5.75 Å². The molecule has 172 valence electrons. The van der Waals surface area contributed by atoms with E-state index in [0.717, 1.165) is 17.7 Å². The number of likely N-dealkylation sites (tertiary alicyclic amines) is 1. The number of pyridine rings is 1. The topological polar surface area (TPSA) is 107 Å². The highest BCUT2D eigenvalue weighted by molar-refractivity contribution is 14.1. The minimum Gasteiger partial charge on any atom is -0.493 e. The number of fused-ring (bicyclic) bond motifs is 1. The minimum absolute atomic E-state index is 0.114. The molecule has 10 nitrogen and oxygen atoms in total. The maximum absolute atomic E-state index is 12.6. The summed E-state index contributed by atoms with van der Waals surface area (Å²) in [5.41, 5.74) is 0.0848. The molecule has 0 aromatic carbocycles. The first-order chi connectivity index (χ1) is 15.1. The number of rotatable bonds is 3. The van der Waals surface area contributed by atoms with E-state index in [1.807, 2.05) is 25.5 Å². The zero-order chi connectivity index (χ0) is 23.2. The van der Waals surface area contributed by atoms with Gasteiger partial charge in [0, 0.05) is 25.9 Å². The van der Waals surface area contributed by atoms with Gasteiger partial charge in [-0.25, -0.2) is 14.7 Å². The van der Waals surface area contributed by atoms with Gasteiger partial charge in [0.2, 0.25) is 11.8 Å². The summed E-state index contributed by atoms with van der Waals surface area (Å²) < 4.78 is 13.6. The zero-order valence-electron chi connectivity index (χ0n) is 18.6. The van der Waals surface area contributed by atoms with E-state index in [4.69, 9.17) is 14.6 Å². The summed E-state index contributed by atoms with van der Waals surface area (Å²) in [7, 11) is 1.54. The van der Waals surface area contributed by atoms with Gasteiger partial charge in [0.1, 0.15) is 14.8 Å². The van der Waals surface area contributed by atoms with Crippen LogP contribution < -0.4 is 9.64 Å². The summed E-state index contributed by atoms with van der Waals surface area (Å²) in [4.78, 5) is 44.6. The highest BCUT2D eigenvalue weighted by Gasteiger charge is 2.36. The molecule has 0 bridgehead atoms. The molecule has 4 rings (SSSR count). The molecular formula is C21H26IN5O5. The second kappa shape index (κ2) is 8.49. The van der Waals surface area contributed by atoms with Crippen molar-refractivity contribution in [2.75, 3.05) is 25.1 Å². The lowest BCUT2D eigenvalue weighted by Crippen LogP contribution is -2.43. The molecule has 11 heteroatoms. The van der Waals surface area contributed by atoms with Crippen molar-refractivity contribution >= 4 is 57.2 Å². The summed E-state index contributed by atoms with van der Waals surface area (Å²) in [5.74, 6) is 0.231. The number of anilines is 1. The number of piperidine rings is 1. The third-order valence-electron chi connectivity index (χ3n) is 5.51. The van der Waals surface area contributed by atoms with E-state index in [2.05, 4.69) is 27.6 Å². The van der Waals surface area contributed by atoms with Gasteiger partial charge >= 0.3 is 6.09 Å². The predicted molar refractivity (Wildman–Crippen MR) is 125 cm³/mol. The van der Waals surface area contributed by atoms with Crippen molar-refractivity contribution in [2.24, 2.45) is 0 Å². The normalized spacial score (nSPS) is 19.7. The number of methoxy groups -OCH3 is 1. The number of imide groups is 1. The van der Waals surface area contributed by atoms with Gasteiger partial charge in [-0.05, 0) is 56.2 Å². The summed E-state index contributed by atoms with van der Waals surface area (Å²) >= 11 is 2.09. The zero-order valence-corrected chi connectivity index (χ0v) is 20.7. The summed E-state index contributed by atoms with van der Waals surface area (Å²) in [6.07, 6.45) is 3.12. The molecule has 2 aromatic rings. The average molecular weight is 555 g/mol. The number of halogens is 1. The third kappa shape index (κ3) is 4.14. The maximum atomic E-state index is 12.6. The van der Waals surface area contributed by atoms with E-state index in [1.54, 1.807) is 12.0 Å². The fourth-order valence-corrected chi connectivity index (χ4v) is 4.86. The van der Waals surface area contributed by atoms with E-state index in [-0.39, 0.29) is 42.6 Å². The third-order valence-corrected chi connectivity index (χ3v) is 6.26. The van der Waals surface area contributed by atoms with E-state index in [0.29, 0.717) is 33.4 Å². The van der Waals surface area contributed by atoms with Gasteiger partial charge in [0.05, 0.1) is 24.7 Å². The quantitative estimate of drug-likeness (QED) is 0.423. The molecule has 1 atom stereocenters. The number of hydrogen-bond acceptors (Lipinski definition) is 7. The number of hydrogen-bond donors (Lipinski definition) is 0. The van der Waals surface area contributed by atoms with Gasteiger partial charge in [-0.3, -0.25) is 14.3 Å². The molecule has 2 saturated heterocycles. The van der Waals surface area contributed by atoms with E-state index < -0.39 is 5.60 Å². The van der Waals surface area contributed by atoms with Gasteiger partial charge in [0.15, 0.2) is 11.6 Å². The summed E-state index contributed by atoms with van der Waals surface area (Å²) in [5, 5.41) is 5.33. The lowest BCUT2D eigenvalue weighted by Gasteiger charge is -2.34. The van der Waals surface area contributed by atoms with Crippen LogP contribution in [-0.4, -0.2) is 63.4 Å². The Hall–Kier alpha value is -2.44. The van der Waals surface area contributed by atoms with Crippen LogP contribution in [0.4, 0.5) is 10.6 Å². The van der Waals surface area contributed by atoms with E-state index in [1.165, 1.54) is 6.20 Å². The lowest BCUT2D eigenvalue weighted by molar-refractivity contribution is -0.121. The van der Waals surface area contributed by atoms with Crippen LogP contribution in [0, 0.1) is 3.70 Å². The number of aromatic nitrogens is 3. The molecular weight excluding hydrogens is 529 g/mol. The smallest absolute Gasteiger partial charge is 0.410 e. The Labute approximate surface area is 199 Å². The molecule has 0 spiro atoms. The monoisotopic (exact) mass is 555 g/mol. The van der Waals surface area contributed by atoms with Crippen LogP contribution in [0.15, 0.2) is 6.20 Å². The van der Waals surface area contributed by atoms with Gasteiger partial charge in [-0.15, -0.1) is 0 Å². The molecule has 2 aliphatic heterocycles. The number of amides is 3. The van der Waals surface area contributed by atoms with Crippen molar-refractivity contribution in [1.29, 1.82) is 0 Å². The average Bonchev–Trinajstić information content (AvgIpc) is 3.26. The molecule has 0 saturated carbocycles. The first-order valence-electron chi connectivity index (χ1n) is 10.5. The number of carbonyl (C=O) groups excluding carboxylic acids is 3. The molecule has 0 unspecified atom stereocenters. The highest BCUT2D eigenvalue weighted by Crippen LogP contribution is 2.39. The van der Waals surface area contributed by atoms with Crippen LogP contribution in [0.2, 0.25) is 0 Å². The molecule has 0 aliphatic carbocycles. The van der Waals surface area contributed by atoms with Crippen molar-refractivity contribution in [3.63, 3.8) is 0 Å². The fourth-order valence-electron chi connectivity index (χ4n) is 4.13. The second-order valence-corrected chi connectivity index (χ2v) is 9.98. The molecule has 2 aromatic heterocycles. The van der Waals surface area contributed by atoms with Crippen molar-refractivity contribution in [2.45, 2.75) is 58.1 Å². The standard InChI is InChI=1S/C21H26IN5O5/c1-21(2,3)32-20(30)25-9-5-6-12(11-25)27-17-13(31-4)10-23-19(16(17)18(22)24-27)26-14(28)7-8-15(26)29/h10,12H,5-9,11H2,1-4H3/t12-/m1/s1. The number of carbonyl (C=O) groups is 3. The second-order valence-electron chi connectivity index (χ2n) is 8.95. The van der Waals surface area contributed by atoms with Crippen molar-refractivity contribution in [3.8, 4) is 5.75 Å². The number of ether oxygens (including phenoxy) is 2. The Morgan fingerprint density at radius 1 is 1.22 bits per heavy atom. The van der Waals surface area contributed by atoms with Crippen LogP contribution in [0.3, 0.4) is 0 Å². The van der Waals surface area contributed by atoms with Gasteiger partial charge in [-0.1, -0.05) is 0 Å². The lowest BCUT2D eigenvalue weighted by atomic mass is 10.1. The Bertz CT molecular complexity index is 1080. The maximum Gasteiger partial charge on any atom is 0.410 e. The first kappa shape index (κ1) is 22.7. The Balaban J connectivity index is 1.75. The highest BCUT2D eigenvalue weighted by atomic mass is 127. The van der Waals surface area contributed by atoms with Crippen molar-refractivity contribution in [1.82, 2.24) is 19.7 Å². The van der Waals surface area contributed by atoms with E-state index in [9.17, 15) is 14.4 Å². The van der Waals surface area contributed by atoms with Gasteiger partial charge in [-0.2, -0.15) is 5.10 Å². The van der Waals surface area contributed by atoms with Crippen LogP contribution >= 0.6 is 22.6 Å².